The Hall–Kier alpha value is -1.40. The van der Waals surface area contributed by atoms with Crippen molar-refractivity contribution in [2.45, 2.75) is 41.4 Å². The minimum atomic E-state index is -3.21. The molecule has 1 aromatic rings. The van der Waals surface area contributed by atoms with E-state index in [9.17, 15) is 18.3 Å². The van der Waals surface area contributed by atoms with Crippen LogP contribution >= 0.6 is 0 Å². The van der Waals surface area contributed by atoms with Crippen LogP contribution in [0.25, 0.3) is 0 Å². The van der Waals surface area contributed by atoms with E-state index < -0.39 is 15.4 Å². The highest BCUT2D eigenvalue weighted by molar-refractivity contribution is 7.92. The quantitative estimate of drug-likeness (QED) is 0.887. The van der Waals surface area contributed by atoms with Gasteiger partial charge in [0.05, 0.1) is 22.3 Å². The van der Waals surface area contributed by atoms with Crippen molar-refractivity contribution in [3.63, 3.8) is 0 Å². The molecule has 3 rings (SSSR count). The summed E-state index contributed by atoms with van der Waals surface area (Å²) in [7, 11) is -1.53. The fourth-order valence-corrected chi connectivity index (χ4v) is 4.17. The van der Waals surface area contributed by atoms with Crippen molar-refractivity contribution in [2.75, 3.05) is 13.7 Å². The van der Waals surface area contributed by atoms with E-state index in [0.29, 0.717) is 5.56 Å². The molecule has 0 saturated heterocycles. The van der Waals surface area contributed by atoms with Gasteiger partial charge >= 0.3 is 0 Å². The minimum Gasteiger partial charge on any atom is -0.394 e. The SMILES string of the molecule is CN(C(=O)c1ccc(S(=O)(=O)C2CC2)cc1)C1(CO)CC1. The summed E-state index contributed by atoms with van der Waals surface area (Å²) in [5.74, 6) is -0.183. The lowest BCUT2D eigenvalue weighted by molar-refractivity contribution is 0.0619. The van der Waals surface area contributed by atoms with Gasteiger partial charge in [-0.2, -0.15) is 0 Å². The summed E-state index contributed by atoms with van der Waals surface area (Å²) in [6, 6.07) is 6.13. The van der Waals surface area contributed by atoms with Crippen LogP contribution in [0.5, 0.6) is 0 Å². The third-order valence-electron chi connectivity index (χ3n) is 4.53. The zero-order chi connectivity index (χ0) is 15.3. The maximum Gasteiger partial charge on any atom is 0.254 e. The van der Waals surface area contributed by atoms with Crippen LogP contribution in [0.1, 0.15) is 36.0 Å². The van der Waals surface area contributed by atoms with E-state index in [2.05, 4.69) is 0 Å². The monoisotopic (exact) mass is 309 g/mol. The van der Waals surface area contributed by atoms with Crippen molar-refractivity contribution >= 4 is 15.7 Å². The molecule has 114 valence electrons. The number of rotatable bonds is 5. The fraction of sp³-hybridized carbons (Fsp3) is 0.533. The molecule has 1 amide bonds. The van der Waals surface area contributed by atoms with E-state index in [0.717, 1.165) is 25.7 Å². The van der Waals surface area contributed by atoms with E-state index in [-0.39, 0.29) is 22.7 Å². The number of nitrogens with zero attached hydrogens (tertiary/aromatic N) is 1. The predicted molar refractivity (Wildman–Crippen MR) is 77.8 cm³/mol. The summed E-state index contributed by atoms with van der Waals surface area (Å²) in [5, 5.41) is 9.12. The van der Waals surface area contributed by atoms with Crippen molar-refractivity contribution < 1.29 is 18.3 Å². The van der Waals surface area contributed by atoms with Crippen LogP contribution in [0.3, 0.4) is 0 Å². The first-order valence-corrected chi connectivity index (χ1v) is 8.68. The number of amides is 1. The molecule has 0 unspecified atom stereocenters. The zero-order valence-electron chi connectivity index (χ0n) is 11.9. The second kappa shape index (κ2) is 4.81. The predicted octanol–water partition coefficient (Wildman–Crippen LogP) is 1.22. The summed E-state index contributed by atoms with van der Waals surface area (Å²) in [5.41, 5.74) is 0.0301. The van der Waals surface area contributed by atoms with Crippen molar-refractivity contribution in [3.05, 3.63) is 29.8 Å². The molecule has 5 nitrogen and oxygen atoms in total. The topological polar surface area (TPSA) is 74.7 Å². The largest absolute Gasteiger partial charge is 0.394 e. The number of carbonyl (C=O) groups is 1. The Bertz CT molecular complexity index is 657. The molecule has 1 N–H and O–H groups in total. The number of sulfone groups is 1. The molecule has 1 aromatic carbocycles. The van der Waals surface area contributed by atoms with Gasteiger partial charge in [0.25, 0.3) is 5.91 Å². The number of hydrogen-bond donors (Lipinski definition) is 1. The molecule has 2 fully saturated rings. The Kier molecular flexibility index (Phi) is 3.33. The van der Waals surface area contributed by atoms with E-state index >= 15 is 0 Å². The Morgan fingerprint density at radius 2 is 1.86 bits per heavy atom. The van der Waals surface area contributed by atoms with Gasteiger partial charge in [0.1, 0.15) is 0 Å². The number of hydrogen-bond acceptors (Lipinski definition) is 4. The highest BCUT2D eigenvalue weighted by Gasteiger charge is 2.48. The molecule has 2 aliphatic carbocycles. The molecule has 0 heterocycles. The summed E-state index contributed by atoms with van der Waals surface area (Å²) >= 11 is 0. The van der Waals surface area contributed by atoms with Crippen molar-refractivity contribution in [1.82, 2.24) is 4.90 Å². The molecule has 0 aromatic heterocycles. The first kappa shape index (κ1) is 14.5. The number of aliphatic hydroxyl groups is 1. The maximum atomic E-state index is 12.4. The average Bonchev–Trinajstić information content (AvgIpc) is 3.39. The van der Waals surface area contributed by atoms with Crippen LogP contribution in [-0.2, 0) is 9.84 Å². The maximum absolute atomic E-state index is 12.4. The van der Waals surface area contributed by atoms with Gasteiger partial charge in [0.2, 0.25) is 0 Å². The smallest absolute Gasteiger partial charge is 0.254 e. The highest BCUT2D eigenvalue weighted by atomic mass is 32.2. The van der Waals surface area contributed by atoms with Crippen LogP contribution in [0.4, 0.5) is 0 Å². The molecule has 0 aliphatic heterocycles. The fourth-order valence-electron chi connectivity index (χ4n) is 2.51. The molecule has 21 heavy (non-hydrogen) atoms. The van der Waals surface area contributed by atoms with E-state index in [4.69, 9.17) is 0 Å². The van der Waals surface area contributed by atoms with Gasteiger partial charge in [0, 0.05) is 12.6 Å². The molecular formula is C15H19NO4S. The molecular weight excluding hydrogens is 290 g/mol. The normalized spacial score (nSPS) is 20.1. The minimum absolute atomic E-state index is 0.0383. The van der Waals surface area contributed by atoms with E-state index in [1.54, 1.807) is 24.1 Å². The molecule has 0 bridgehead atoms. The number of carbonyl (C=O) groups excluding carboxylic acids is 1. The van der Waals surface area contributed by atoms with Crippen LogP contribution in [0.2, 0.25) is 0 Å². The molecule has 6 heteroatoms. The van der Waals surface area contributed by atoms with Gasteiger partial charge in [0.15, 0.2) is 9.84 Å². The van der Waals surface area contributed by atoms with Gasteiger partial charge in [-0.3, -0.25) is 4.79 Å². The van der Waals surface area contributed by atoms with E-state index in [1.165, 1.54) is 12.1 Å². The zero-order valence-corrected chi connectivity index (χ0v) is 12.8. The van der Waals surface area contributed by atoms with Crippen molar-refractivity contribution in [3.8, 4) is 0 Å². The summed E-state index contributed by atoms with van der Waals surface area (Å²) in [6.07, 6.45) is 3.06. The highest BCUT2D eigenvalue weighted by Crippen LogP contribution is 2.41. The Morgan fingerprint density at radius 1 is 1.29 bits per heavy atom. The third-order valence-corrected chi connectivity index (χ3v) is 6.81. The number of benzene rings is 1. The Morgan fingerprint density at radius 3 is 2.29 bits per heavy atom. The lowest BCUT2D eigenvalue weighted by atomic mass is 10.1. The summed E-state index contributed by atoms with van der Waals surface area (Å²) in [4.78, 5) is 14.2. The molecule has 2 aliphatic rings. The standard InChI is InChI=1S/C15H19NO4S/c1-16(15(10-17)8-9-15)14(18)11-2-4-12(5-3-11)21(19,20)13-6-7-13/h2-5,13,17H,6-10H2,1H3. The van der Waals surface area contributed by atoms with Crippen LogP contribution in [-0.4, -0.2) is 48.8 Å². The summed E-state index contributed by atoms with van der Waals surface area (Å²) < 4.78 is 24.2. The molecule has 0 spiro atoms. The Balaban J connectivity index is 1.79. The molecule has 0 radical (unpaired) electrons. The van der Waals surface area contributed by atoms with Gasteiger partial charge in [-0.05, 0) is 49.9 Å². The van der Waals surface area contributed by atoms with Crippen LogP contribution in [0, 0.1) is 0 Å². The summed E-state index contributed by atoms with van der Waals surface area (Å²) in [6.45, 7) is -0.0383. The second-order valence-corrected chi connectivity index (χ2v) is 8.24. The lowest BCUT2D eigenvalue weighted by Gasteiger charge is -2.26. The van der Waals surface area contributed by atoms with Gasteiger partial charge in [-0.25, -0.2) is 8.42 Å². The molecule has 2 saturated carbocycles. The number of likely N-dealkylation sites (N-methyl/N-ethyl adjacent to an activating group) is 1. The van der Waals surface area contributed by atoms with Crippen LogP contribution in [0.15, 0.2) is 29.2 Å². The third kappa shape index (κ3) is 2.46. The molecule has 0 atom stereocenters. The van der Waals surface area contributed by atoms with E-state index in [1.807, 2.05) is 0 Å². The van der Waals surface area contributed by atoms with Gasteiger partial charge < -0.3 is 10.0 Å². The first-order chi connectivity index (χ1) is 9.90. The second-order valence-electron chi connectivity index (χ2n) is 6.02. The average molecular weight is 309 g/mol. The van der Waals surface area contributed by atoms with Gasteiger partial charge in [-0.1, -0.05) is 0 Å². The number of aliphatic hydroxyl groups excluding tert-OH is 1. The van der Waals surface area contributed by atoms with Crippen molar-refractivity contribution in [2.24, 2.45) is 0 Å². The Labute approximate surface area is 124 Å². The first-order valence-electron chi connectivity index (χ1n) is 7.14. The van der Waals surface area contributed by atoms with Crippen molar-refractivity contribution in [1.29, 1.82) is 0 Å². The lowest BCUT2D eigenvalue weighted by Crippen LogP contribution is -2.41. The van der Waals surface area contributed by atoms with Crippen LogP contribution < -0.4 is 0 Å². The van der Waals surface area contributed by atoms with Gasteiger partial charge in [-0.15, -0.1) is 0 Å².